The van der Waals surface area contributed by atoms with E-state index in [1.807, 2.05) is 47.4 Å². The van der Waals surface area contributed by atoms with Gasteiger partial charge in [0.1, 0.15) is 18.5 Å². The molecule has 0 bridgehead atoms. The molecule has 4 aliphatic heterocycles. The average Bonchev–Trinajstić information content (AvgIpc) is 3.90. The second-order valence-corrected chi connectivity index (χ2v) is 19.3. The van der Waals surface area contributed by atoms with Crippen molar-refractivity contribution in [2.75, 3.05) is 61.3 Å². The average molecular weight is 877 g/mol. The number of carbonyl (C=O) groups excluding carboxylic acids is 2. The zero-order valence-electron chi connectivity index (χ0n) is 34.3. The zero-order chi connectivity index (χ0) is 42.8. The summed E-state index contributed by atoms with van der Waals surface area (Å²) in [6.45, 7) is 5.00. The van der Waals surface area contributed by atoms with Crippen LogP contribution in [0, 0.1) is 0 Å². The molecule has 62 heavy (non-hydrogen) atoms. The Kier molecular flexibility index (Phi) is 12.4. The molecule has 0 spiro atoms. The highest BCUT2D eigenvalue weighted by Crippen LogP contribution is 2.40. The van der Waals surface area contributed by atoms with Gasteiger partial charge in [0.25, 0.3) is 0 Å². The van der Waals surface area contributed by atoms with E-state index in [2.05, 4.69) is 55.0 Å². The van der Waals surface area contributed by atoms with E-state index in [1.165, 1.54) is 21.2 Å². The third-order valence-corrected chi connectivity index (χ3v) is 15.2. The Balaban J connectivity index is 0.761. The van der Waals surface area contributed by atoms with Crippen molar-refractivity contribution in [3.05, 3.63) is 125 Å². The summed E-state index contributed by atoms with van der Waals surface area (Å²) in [5.41, 5.74) is 6.15. The van der Waals surface area contributed by atoms with E-state index in [0.29, 0.717) is 54.7 Å². The van der Waals surface area contributed by atoms with Crippen molar-refractivity contribution < 1.29 is 28.2 Å². The number of aromatic nitrogens is 1. The number of anilines is 3. The van der Waals surface area contributed by atoms with Gasteiger partial charge in [-0.25, -0.2) is 13.4 Å². The van der Waals surface area contributed by atoms with Crippen LogP contribution in [0.2, 0.25) is 0 Å². The lowest BCUT2D eigenvalue weighted by molar-refractivity contribution is -0.133. The molecule has 16 heteroatoms. The molecule has 5 aromatic rings. The number of piperazine rings is 1. The fraction of sp³-hybridized carbons (Fsp3) is 0.370. The van der Waals surface area contributed by atoms with Crippen LogP contribution in [0.3, 0.4) is 0 Å². The van der Waals surface area contributed by atoms with Crippen molar-refractivity contribution >= 4 is 49.7 Å². The SMILES string of the molecule is O=C(Nc1nccs1)C(c1ccccc1)N1Cc2ccc(-c3ccc(N4CCN(C(=O)CN5CCC(c6ccc(NC7CCC(O)NC7O)cc6)CC5)CC4)cc3)cc2S1(=O)=O. The molecule has 0 aliphatic carbocycles. The number of sulfonamides is 1. The van der Waals surface area contributed by atoms with Gasteiger partial charge in [-0.1, -0.05) is 66.7 Å². The number of aliphatic hydroxyl groups excluding tert-OH is 2. The third kappa shape index (κ3) is 9.13. The molecule has 5 heterocycles. The molecule has 14 nitrogen and oxygen atoms in total. The minimum atomic E-state index is -4.02. The van der Waals surface area contributed by atoms with Crippen molar-refractivity contribution in [2.45, 2.75) is 67.6 Å². The van der Waals surface area contributed by atoms with Crippen LogP contribution in [0.25, 0.3) is 11.1 Å². The fourth-order valence-electron chi connectivity index (χ4n) is 9.16. The van der Waals surface area contributed by atoms with Gasteiger partial charge in [0.15, 0.2) is 5.13 Å². The molecule has 3 fully saturated rings. The van der Waals surface area contributed by atoms with E-state index in [9.17, 15) is 28.2 Å². The molecule has 9 rings (SSSR count). The predicted molar refractivity (Wildman–Crippen MR) is 240 cm³/mol. The van der Waals surface area contributed by atoms with Gasteiger partial charge in [-0.3, -0.25) is 19.8 Å². The molecule has 2 amide bonds. The number of likely N-dealkylation sites (tertiary alicyclic amines) is 1. The van der Waals surface area contributed by atoms with E-state index < -0.39 is 34.4 Å². The monoisotopic (exact) mass is 876 g/mol. The molecule has 1 aromatic heterocycles. The number of aliphatic hydroxyl groups is 2. The van der Waals surface area contributed by atoms with Gasteiger partial charge in [-0.05, 0) is 103 Å². The number of benzene rings is 4. The van der Waals surface area contributed by atoms with Gasteiger partial charge in [0.05, 0.1) is 17.5 Å². The molecule has 3 saturated heterocycles. The standard InChI is InChI=1S/C46H52N8O6S2/c55-41-17-16-39(44(57)49-41)48-37-12-8-31(9-13-37)33-18-21-51(22-19-33)30-42(56)53-25-23-52(24-26-53)38-14-10-32(11-15-38)35-6-7-36-29-54(62(59,60)40(36)28-35)43(34-4-2-1-3-5-34)45(58)50-46-47-20-27-61-46/h1-15,20,27-28,33,39,41,43-44,48-49,55,57H,16-19,21-26,29-30H2,(H,47,50,58). The summed E-state index contributed by atoms with van der Waals surface area (Å²) >= 11 is 1.27. The Morgan fingerprint density at radius 3 is 2.26 bits per heavy atom. The maximum atomic E-state index is 14.2. The Hall–Kier alpha value is -5.20. The molecule has 0 radical (unpaired) electrons. The van der Waals surface area contributed by atoms with Crippen molar-refractivity contribution in [3.63, 3.8) is 0 Å². The smallest absolute Gasteiger partial charge is 0.249 e. The lowest BCUT2D eigenvalue weighted by Crippen LogP contribution is -2.53. The lowest BCUT2D eigenvalue weighted by Gasteiger charge is -2.38. The lowest BCUT2D eigenvalue weighted by atomic mass is 9.89. The molecule has 5 N–H and O–H groups in total. The molecule has 324 valence electrons. The van der Waals surface area contributed by atoms with Crippen LogP contribution in [-0.4, -0.2) is 114 Å². The first-order valence-electron chi connectivity index (χ1n) is 21.3. The number of piperidine rings is 2. The number of nitrogens with zero attached hydrogens (tertiary/aromatic N) is 5. The summed E-state index contributed by atoms with van der Waals surface area (Å²) in [6, 6.07) is 29.7. The molecule has 0 saturated carbocycles. The van der Waals surface area contributed by atoms with Crippen LogP contribution in [0.4, 0.5) is 16.5 Å². The first-order valence-corrected chi connectivity index (χ1v) is 23.7. The van der Waals surface area contributed by atoms with E-state index in [1.54, 1.807) is 41.9 Å². The number of amides is 2. The minimum absolute atomic E-state index is 0.0730. The summed E-state index contributed by atoms with van der Waals surface area (Å²) in [6.07, 6.45) is 3.39. The quantitative estimate of drug-likeness (QED) is 0.121. The number of nitrogens with one attached hydrogen (secondary N) is 3. The number of hydrogen-bond donors (Lipinski definition) is 5. The maximum absolute atomic E-state index is 14.2. The first kappa shape index (κ1) is 42.1. The van der Waals surface area contributed by atoms with Crippen LogP contribution < -0.4 is 20.9 Å². The number of hydrogen-bond acceptors (Lipinski definition) is 12. The molecule has 4 atom stereocenters. The van der Waals surface area contributed by atoms with Gasteiger partial charge in [-0.2, -0.15) is 4.31 Å². The van der Waals surface area contributed by atoms with Crippen LogP contribution in [-0.2, 0) is 26.2 Å². The van der Waals surface area contributed by atoms with Crippen molar-refractivity contribution in [2.24, 2.45) is 0 Å². The zero-order valence-corrected chi connectivity index (χ0v) is 36.0. The summed E-state index contributed by atoms with van der Waals surface area (Å²) in [5.74, 6) is 0.143. The molecular formula is C46H52N8O6S2. The summed E-state index contributed by atoms with van der Waals surface area (Å²) in [7, 11) is -4.02. The fourth-order valence-corrected chi connectivity index (χ4v) is 11.5. The van der Waals surface area contributed by atoms with Crippen molar-refractivity contribution in [1.82, 2.24) is 24.4 Å². The van der Waals surface area contributed by atoms with E-state index in [0.717, 1.165) is 61.5 Å². The summed E-state index contributed by atoms with van der Waals surface area (Å²) < 4.78 is 29.6. The minimum Gasteiger partial charge on any atom is -0.379 e. The second kappa shape index (κ2) is 18.3. The highest BCUT2D eigenvalue weighted by molar-refractivity contribution is 7.89. The summed E-state index contributed by atoms with van der Waals surface area (Å²) in [5, 5.41) is 31.1. The molecule has 4 unspecified atom stereocenters. The van der Waals surface area contributed by atoms with Crippen molar-refractivity contribution in [1.29, 1.82) is 0 Å². The Morgan fingerprint density at radius 1 is 0.839 bits per heavy atom. The van der Waals surface area contributed by atoms with Crippen LogP contribution in [0.5, 0.6) is 0 Å². The maximum Gasteiger partial charge on any atom is 0.249 e. The van der Waals surface area contributed by atoms with Crippen LogP contribution in [0.1, 0.15) is 54.3 Å². The van der Waals surface area contributed by atoms with E-state index in [4.69, 9.17) is 0 Å². The largest absolute Gasteiger partial charge is 0.379 e. The number of rotatable bonds is 11. The highest BCUT2D eigenvalue weighted by Gasteiger charge is 2.43. The van der Waals surface area contributed by atoms with E-state index in [-0.39, 0.29) is 23.4 Å². The third-order valence-electron chi connectivity index (χ3n) is 12.7. The van der Waals surface area contributed by atoms with Crippen LogP contribution in [0.15, 0.2) is 114 Å². The molecule has 4 aliphatic rings. The van der Waals surface area contributed by atoms with Gasteiger partial charge < -0.3 is 30.6 Å². The molecular weight excluding hydrogens is 825 g/mol. The predicted octanol–water partition coefficient (Wildman–Crippen LogP) is 5.02. The Bertz CT molecular complexity index is 2440. The number of carbonyl (C=O) groups is 2. The first-order chi connectivity index (χ1) is 30.1. The number of fused-ring (bicyclic) bond motifs is 1. The second-order valence-electron chi connectivity index (χ2n) is 16.6. The van der Waals surface area contributed by atoms with Gasteiger partial charge in [0, 0.05) is 55.7 Å². The van der Waals surface area contributed by atoms with Crippen molar-refractivity contribution in [3.8, 4) is 11.1 Å². The van der Waals surface area contributed by atoms with Gasteiger partial charge >= 0.3 is 0 Å². The van der Waals surface area contributed by atoms with Gasteiger partial charge in [-0.15, -0.1) is 11.3 Å². The highest BCUT2D eigenvalue weighted by atomic mass is 32.2. The van der Waals surface area contributed by atoms with E-state index >= 15 is 0 Å². The number of thiazole rings is 1. The normalized spacial score (nSPS) is 22.5. The topological polar surface area (TPSA) is 171 Å². The molecule has 4 aromatic carbocycles. The summed E-state index contributed by atoms with van der Waals surface area (Å²) in [4.78, 5) is 37.9. The Morgan fingerprint density at radius 2 is 1.56 bits per heavy atom. The van der Waals surface area contributed by atoms with Crippen LogP contribution >= 0.6 is 11.3 Å². The Labute approximate surface area is 366 Å². The van der Waals surface area contributed by atoms with Gasteiger partial charge in [0.2, 0.25) is 21.8 Å².